The Morgan fingerprint density at radius 1 is 0.667 bits per heavy atom. The van der Waals surface area contributed by atoms with Gasteiger partial charge in [0.05, 0.1) is 36.4 Å². The van der Waals surface area contributed by atoms with Gasteiger partial charge in [-0.15, -0.1) is 0 Å². The zero-order valence-electron chi connectivity index (χ0n) is 32.1. The quantitative estimate of drug-likeness (QED) is 0.160. The maximum absolute atomic E-state index is 12.6. The largest absolute Gasteiger partial charge is 0.445 e. The molecule has 0 fully saturated rings. The average molecular weight is 831 g/mol. The molecule has 0 atom stereocenters. The minimum Gasteiger partial charge on any atom is -0.445 e. The summed E-state index contributed by atoms with van der Waals surface area (Å²) in [4.78, 5) is 55.1. The van der Waals surface area contributed by atoms with E-state index in [0.717, 1.165) is 72.0 Å². The Hall–Kier alpha value is -5.88. The van der Waals surface area contributed by atoms with Gasteiger partial charge in [-0.3, -0.25) is 9.59 Å². The van der Waals surface area contributed by atoms with Crippen LogP contribution in [-0.2, 0) is 71.3 Å². The van der Waals surface area contributed by atoms with E-state index in [2.05, 4.69) is 37.2 Å². The number of hydrogen-bond donors (Lipinski definition) is 0. The highest BCUT2D eigenvalue weighted by atomic mass is 79.9. The van der Waals surface area contributed by atoms with Crippen molar-refractivity contribution < 1.29 is 28.7 Å². The van der Waals surface area contributed by atoms with Crippen LogP contribution >= 0.6 is 15.9 Å². The molecule has 11 nitrogen and oxygen atoms in total. The molecule has 4 aromatic carbocycles. The fourth-order valence-electron chi connectivity index (χ4n) is 8.16. The molecule has 57 heavy (non-hydrogen) atoms. The van der Waals surface area contributed by atoms with Gasteiger partial charge < -0.3 is 33.3 Å². The number of para-hydroxylation sites is 2. The molecule has 6 aromatic rings. The first-order valence-corrected chi connectivity index (χ1v) is 20.1. The van der Waals surface area contributed by atoms with Crippen molar-refractivity contribution in [2.75, 3.05) is 25.0 Å². The molecule has 0 saturated carbocycles. The van der Waals surface area contributed by atoms with Gasteiger partial charge in [-0.05, 0) is 39.2 Å². The van der Waals surface area contributed by atoms with Gasteiger partial charge in [-0.2, -0.15) is 0 Å². The number of amides is 3. The SMILES string of the molecule is CCC(=O)Cn1c2c(c3cccc(Br)c31)CN(C(=O)OCc1ccccc1)CC2.CN1C(=O)Cn2c3c(c4cccc1c42)CN(C(=O)OCc1ccccc1)CC3. The number of nitrogens with zero attached hydrogens (tertiary/aromatic N) is 5. The number of rotatable bonds is 7. The molecule has 12 heteroatoms. The second kappa shape index (κ2) is 16.3. The van der Waals surface area contributed by atoms with Crippen molar-refractivity contribution in [2.24, 2.45) is 0 Å². The van der Waals surface area contributed by atoms with Crippen LogP contribution < -0.4 is 4.90 Å². The van der Waals surface area contributed by atoms with Gasteiger partial charge in [0.1, 0.15) is 19.8 Å². The van der Waals surface area contributed by atoms with Gasteiger partial charge in [0.25, 0.3) is 0 Å². The summed E-state index contributed by atoms with van der Waals surface area (Å²) in [5.41, 5.74) is 9.53. The summed E-state index contributed by atoms with van der Waals surface area (Å²) in [6, 6.07) is 31.5. The molecule has 0 aliphatic carbocycles. The van der Waals surface area contributed by atoms with E-state index in [1.807, 2.05) is 98.9 Å². The lowest BCUT2D eigenvalue weighted by Gasteiger charge is -2.29. The number of halogens is 1. The number of Topliss-reactive ketones (excluding diaryl/α,β-unsaturated/α-hetero) is 1. The summed E-state index contributed by atoms with van der Waals surface area (Å²) in [7, 11) is 1.82. The topological polar surface area (TPSA) is 106 Å². The molecule has 292 valence electrons. The number of likely N-dealkylation sites (N-methyl/N-ethyl adjacent to an activating group) is 1. The smallest absolute Gasteiger partial charge is 0.410 e. The van der Waals surface area contributed by atoms with Crippen LogP contribution in [0.4, 0.5) is 15.3 Å². The Balaban J connectivity index is 0.000000160. The standard InChI is InChI=1S/C23H23BrN2O3.C22H21N3O3/c1-2-17(27)13-26-21-11-12-25(23(28)29-15-16-7-4-3-5-8-16)14-19(21)18-9-6-10-20(24)22(18)26;1-23-19-9-5-8-16-17-12-24(22(27)28-14-15-6-3-2-4-7-15)11-10-18(17)25(21(16)19)13-20(23)26/h3-10H,2,11-15H2,1H3;2-9H,10-14H2,1H3. The Bertz CT molecular complexity index is 2490. The maximum atomic E-state index is 12.6. The number of fused-ring (bicyclic) bond motifs is 6. The Kier molecular flexibility index (Phi) is 10.9. The fraction of sp³-hybridized carbons (Fsp3) is 0.289. The van der Waals surface area contributed by atoms with Crippen molar-refractivity contribution in [1.29, 1.82) is 0 Å². The van der Waals surface area contributed by atoms with Gasteiger partial charge in [0.2, 0.25) is 5.91 Å². The minimum atomic E-state index is -0.306. The third-order valence-electron chi connectivity index (χ3n) is 11.2. The van der Waals surface area contributed by atoms with Crippen molar-refractivity contribution in [2.45, 2.75) is 65.6 Å². The fourth-order valence-corrected chi connectivity index (χ4v) is 8.74. The predicted molar refractivity (Wildman–Crippen MR) is 222 cm³/mol. The monoisotopic (exact) mass is 829 g/mol. The molecular formula is C45H44BrN5O6. The van der Waals surface area contributed by atoms with E-state index in [9.17, 15) is 19.2 Å². The first kappa shape index (κ1) is 38.0. The number of benzene rings is 4. The van der Waals surface area contributed by atoms with E-state index in [4.69, 9.17) is 9.47 Å². The molecule has 3 aliphatic rings. The van der Waals surface area contributed by atoms with Crippen molar-refractivity contribution in [1.82, 2.24) is 18.9 Å². The summed E-state index contributed by atoms with van der Waals surface area (Å²) >= 11 is 3.64. The number of anilines is 1. The summed E-state index contributed by atoms with van der Waals surface area (Å²) in [6.07, 6.45) is 1.33. The minimum absolute atomic E-state index is 0.0862. The van der Waals surface area contributed by atoms with Crippen LogP contribution in [0.15, 0.2) is 102 Å². The Labute approximate surface area is 339 Å². The molecule has 0 bridgehead atoms. The zero-order valence-corrected chi connectivity index (χ0v) is 33.7. The molecule has 3 aliphatic heterocycles. The number of ketones is 1. The highest BCUT2D eigenvalue weighted by Crippen LogP contribution is 2.39. The molecule has 2 aromatic heterocycles. The summed E-state index contributed by atoms with van der Waals surface area (Å²) < 4.78 is 16.3. The van der Waals surface area contributed by atoms with Crippen LogP contribution in [0, 0.1) is 0 Å². The third kappa shape index (κ3) is 7.53. The number of carbonyl (C=O) groups excluding carboxylic acids is 4. The van der Waals surface area contributed by atoms with Crippen molar-refractivity contribution >= 4 is 67.3 Å². The van der Waals surface area contributed by atoms with E-state index >= 15 is 0 Å². The van der Waals surface area contributed by atoms with E-state index in [1.54, 1.807) is 14.7 Å². The average Bonchev–Trinajstić information content (AvgIpc) is 3.74. The van der Waals surface area contributed by atoms with Crippen LogP contribution in [-0.4, -0.2) is 62.9 Å². The number of aromatic nitrogens is 2. The summed E-state index contributed by atoms with van der Waals surface area (Å²) in [5, 5.41) is 2.20. The molecule has 9 rings (SSSR count). The lowest BCUT2D eigenvalue weighted by molar-refractivity contribution is -0.120. The first-order valence-electron chi connectivity index (χ1n) is 19.3. The second-order valence-electron chi connectivity index (χ2n) is 14.6. The van der Waals surface area contributed by atoms with E-state index < -0.39 is 0 Å². The first-order chi connectivity index (χ1) is 27.7. The molecule has 0 unspecified atom stereocenters. The van der Waals surface area contributed by atoms with Crippen molar-refractivity contribution in [3.05, 3.63) is 135 Å². The zero-order chi connectivity index (χ0) is 39.6. The number of hydrogen-bond acceptors (Lipinski definition) is 6. The highest BCUT2D eigenvalue weighted by molar-refractivity contribution is 9.10. The van der Waals surface area contributed by atoms with Crippen LogP contribution in [0.1, 0.15) is 47.0 Å². The summed E-state index contributed by atoms with van der Waals surface area (Å²) in [5.74, 6) is 0.285. The van der Waals surface area contributed by atoms with Crippen molar-refractivity contribution in [3.8, 4) is 0 Å². The molecule has 5 heterocycles. The van der Waals surface area contributed by atoms with Crippen LogP contribution in [0.2, 0.25) is 0 Å². The Morgan fingerprint density at radius 2 is 1.21 bits per heavy atom. The van der Waals surface area contributed by atoms with E-state index in [1.165, 1.54) is 0 Å². The lowest BCUT2D eigenvalue weighted by Crippen LogP contribution is -2.38. The van der Waals surface area contributed by atoms with Crippen LogP contribution in [0.25, 0.3) is 21.8 Å². The molecule has 0 N–H and O–H groups in total. The molecular weight excluding hydrogens is 786 g/mol. The van der Waals surface area contributed by atoms with Gasteiger partial charge in [-0.25, -0.2) is 9.59 Å². The Morgan fingerprint density at radius 3 is 1.81 bits per heavy atom. The third-order valence-corrected chi connectivity index (χ3v) is 11.8. The van der Waals surface area contributed by atoms with Crippen LogP contribution in [0.5, 0.6) is 0 Å². The van der Waals surface area contributed by atoms with Gasteiger partial charge in [-0.1, -0.05) is 91.9 Å². The van der Waals surface area contributed by atoms with Gasteiger partial charge >= 0.3 is 12.2 Å². The maximum Gasteiger partial charge on any atom is 0.410 e. The van der Waals surface area contributed by atoms with Gasteiger partial charge in [0, 0.05) is 77.2 Å². The summed E-state index contributed by atoms with van der Waals surface area (Å²) in [6.45, 7) is 5.32. The highest BCUT2D eigenvalue weighted by Gasteiger charge is 2.33. The van der Waals surface area contributed by atoms with E-state index in [0.29, 0.717) is 52.1 Å². The normalized spacial score (nSPS) is 14.5. The lowest BCUT2D eigenvalue weighted by atomic mass is 10.0. The van der Waals surface area contributed by atoms with Crippen LogP contribution in [0.3, 0.4) is 0 Å². The molecule has 3 amide bonds. The van der Waals surface area contributed by atoms with Gasteiger partial charge in [0.15, 0.2) is 5.78 Å². The number of ether oxygens (including phenoxy) is 2. The predicted octanol–water partition coefficient (Wildman–Crippen LogP) is 8.39. The van der Waals surface area contributed by atoms with Crippen molar-refractivity contribution in [3.63, 3.8) is 0 Å². The molecule has 0 spiro atoms. The molecule has 0 radical (unpaired) electrons. The molecule has 0 saturated heterocycles. The number of carbonyl (C=O) groups is 4. The second-order valence-corrected chi connectivity index (χ2v) is 15.5. The van der Waals surface area contributed by atoms with E-state index in [-0.39, 0.29) is 37.1 Å².